The molecular weight excluding hydrogens is 410 g/mol. The van der Waals surface area contributed by atoms with E-state index in [-0.39, 0.29) is 5.91 Å². The third-order valence-electron chi connectivity index (χ3n) is 4.66. The summed E-state index contributed by atoms with van der Waals surface area (Å²) < 4.78 is 11.4. The van der Waals surface area contributed by atoms with E-state index in [4.69, 9.17) is 9.15 Å². The molecule has 0 unspecified atom stereocenters. The van der Waals surface area contributed by atoms with Crippen LogP contribution in [0.1, 0.15) is 29.0 Å². The zero-order valence-electron chi connectivity index (χ0n) is 17.0. The molecule has 0 fully saturated rings. The monoisotopic (exact) mass is 433 g/mol. The van der Waals surface area contributed by atoms with Crippen molar-refractivity contribution < 1.29 is 13.9 Å². The van der Waals surface area contributed by atoms with Crippen LogP contribution in [0.2, 0.25) is 0 Å². The third-order valence-corrected chi connectivity index (χ3v) is 5.35. The number of carbonyl (C=O) groups excluding carboxylic acids is 1. The molecule has 31 heavy (non-hydrogen) atoms. The van der Waals surface area contributed by atoms with Gasteiger partial charge in [0.05, 0.1) is 13.2 Å². The van der Waals surface area contributed by atoms with Crippen LogP contribution < -0.4 is 5.32 Å². The van der Waals surface area contributed by atoms with Crippen LogP contribution in [0.25, 0.3) is 11.5 Å². The predicted molar refractivity (Wildman–Crippen MR) is 119 cm³/mol. The van der Waals surface area contributed by atoms with Crippen molar-refractivity contribution in [3.63, 3.8) is 0 Å². The molecule has 0 aliphatic heterocycles. The summed E-state index contributed by atoms with van der Waals surface area (Å²) in [4.78, 5) is 12.2. The Kier molecular flexibility index (Phi) is 7.20. The lowest BCUT2D eigenvalue weighted by Gasteiger charge is -2.08. The summed E-state index contributed by atoms with van der Waals surface area (Å²) in [7, 11) is 0. The van der Waals surface area contributed by atoms with Gasteiger partial charge in [0.1, 0.15) is 0 Å². The number of carbonyl (C=O) groups is 1. The largest absolute Gasteiger partial charge is 0.421 e. The fourth-order valence-electron chi connectivity index (χ4n) is 3.06. The van der Waals surface area contributed by atoms with E-state index in [0.717, 1.165) is 22.3 Å². The Hall–Kier alpha value is -3.29. The standard InChI is InChI=1S/C24H23N3O3S/c28-22(9-10-23-26-27-24(30-23)21-11-12-31-17-21)25-14-19-7-4-8-20(13-19)16-29-15-18-5-2-1-3-6-18/h1-8,11-13,17H,9-10,14-16H2,(H,25,28). The van der Waals surface area contributed by atoms with E-state index in [2.05, 4.69) is 21.6 Å². The second kappa shape index (κ2) is 10.7. The number of amides is 1. The van der Waals surface area contributed by atoms with Gasteiger partial charge in [0.2, 0.25) is 17.7 Å². The molecule has 0 saturated heterocycles. The molecule has 0 aliphatic rings. The van der Waals surface area contributed by atoms with Crippen molar-refractivity contribution in [2.24, 2.45) is 0 Å². The maximum atomic E-state index is 12.2. The van der Waals surface area contributed by atoms with Crippen LogP contribution in [0.4, 0.5) is 0 Å². The number of hydrogen-bond donors (Lipinski definition) is 1. The van der Waals surface area contributed by atoms with Gasteiger partial charge in [-0.25, -0.2) is 0 Å². The molecule has 0 atom stereocenters. The molecule has 1 N–H and O–H groups in total. The highest BCUT2D eigenvalue weighted by molar-refractivity contribution is 7.08. The van der Waals surface area contributed by atoms with Crippen molar-refractivity contribution >= 4 is 17.2 Å². The third kappa shape index (κ3) is 6.34. The number of hydrogen-bond acceptors (Lipinski definition) is 6. The first kappa shape index (κ1) is 21.0. The summed E-state index contributed by atoms with van der Waals surface area (Å²) in [6.45, 7) is 1.57. The topological polar surface area (TPSA) is 77.2 Å². The minimum atomic E-state index is -0.0546. The highest BCUT2D eigenvalue weighted by Crippen LogP contribution is 2.20. The number of benzene rings is 2. The van der Waals surface area contributed by atoms with Crippen LogP contribution >= 0.6 is 11.3 Å². The molecule has 6 nitrogen and oxygen atoms in total. The van der Waals surface area contributed by atoms with E-state index >= 15 is 0 Å². The van der Waals surface area contributed by atoms with Crippen molar-refractivity contribution in [2.75, 3.05) is 0 Å². The number of aryl methyl sites for hydroxylation is 1. The van der Waals surface area contributed by atoms with Gasteiger partial charge in [0.15, 0.2) is 0 Å². The average Bonchev–Trinajstić information content (AvgIpc) is 3.49. The maximum absolute atomic E-state index is 12.2. The fraction of sp³-hybridized carbons (Fsp3) is 0.208. The molecule has 4 rings (SSSR count). The summed E-state index contributed by atoms with van der Waals surface area (Å²) in [6, 6.07) is 20.1. The van der Waals surface area contributed by atoms with Crippen molar-refractivity contribution in [3.8, 4) is 11.5 Å². The Balaban J connectivity index is 1.20. The van der Waals surface area contributed by atoms with E-state index < -0.39 is 0 Å². The van der Waals surface area contributed by atoms with Crippen LogP contribution in [-0.4, -0.2) is 16.1 Å². The van der Waals surface area contributed by atoms with Crippen LogP contribution in [0.15, 0.2) is 75.8 Å². The SMILES string of the molecule is O=C(CCc1nnc(-c2ccsc2)o1)NCc1cccc(COCc2ccccc2)c1. The Labute approximate surface area is 184 Å². The molecule has 2 aromatic carbocycles. The fourth-order valence-corrected chi connectivity index (χ4v) is 3.69. The second-order valence-electron chi connectivity index (χ2n) is 7.09. The average molecular weight is 434 g/mol. The molecule has 158 valence electrons. The van der Waals surface area contributed by atoms with E-state index in [1.54, 1.807) is 11.3 Å². The molecule has 2 heterocycles. The van der Waals surface area contributed by atoms with E-state index in [9.17, 15) is 4.79 Å². The van der Waals surface area contributed by atoms with Crippen molar-refractivity contribution in [2.45, 2.75) is 32.6 Å². The Morgan fingerprint density at radius 2 is 1.77 bits per heavy atom. The maximum Gasteiger partial charge on any atom is 0.248 e. The molecule has 7 heteroatoms. The molecule has 4 aromatic rings. The molecule has 2 aromatic heterocycles. The molecule has 0 saturated carbocycles. The van der Waals surface area contributed by atoms with Gasteiger partial charge in [-0.3, -0.25) is 4.79 Å². The minimum Gasteiger partial charge on any atom is -0.421 e. The molecule has 0 bridgehead atoms. The number of rotatable bonds is 10. The number of ether oxygens (including phenoxy) is 1. The van der Waals surface area contributed by atoms with Crippen LogP contribution in [0.3, 0.4) is 0 Å². The number of nitrogens with zero attached hydrogens (tertiary/aromatic N) is 2. The lowest BCUT2D eigenvalue weighted by atomic mass is 10.1. The quantitative estimate of drug-likeness (QED) is 0.390. The van der Waals surface area contributed by atoms with Crippen molar-refractivity contribution in [1.29, 1.82) is 0 Å². The zero-order chi connectivity index (χ0) is 21.3. The highest BCUT2D eigenvalue weighted by Gasteiger charge is 2.11. The molecule has 1 amide bonds. The van der Waals surface area contributed by atoms with Gasteiger partial charge >= 0.3 is 0 Å². The van der Waals surface area contributed by atoms with Crippen molar-refractivity contribution in [3.05, 3.63) is 94.0 Å². The molecule has 0 aliphatic carbocycles. The summed E-state index contributed by atoms with van der Waals surface area (Å²) in [5.41, 5.74) is 4.16. The van der Waals surface area contributed by atoms with Gasteiger partial charge in [-0.1, -0.05) is 54.6 Å². The van der Waals surface area contributed by atoms with Gasteiger partial charge in [-0.2, -0.15) is 11.3 Å². The summed E-state index contributed by atoms with van der Waals surface area (Å²) >= 11 is 1.57. The Morgan fingerprint density at radius 1 is 0.968 bits per heavy atom. The number of nitrogens with one attached hydrogen (secondary N) is 1. The zero-order valence-corrected chi connectivity index (χ0v) is 17.8. The lowest BCUT2D eigenvalue weighted by Crippen LogP contribution is -2.23. The Morgan fingerprint density at radius 3 is 2.61 bits per heavy atom. The molecule has 0 spiro atoms. The van der Waals surface area contributed by atoms with E-state index in [1.807, 2.05) is 65.4 Å². The first-order valence-electron chi connectivity index (χ1n) is 10.1. The number of thiophene rings is 1. The summed E-state index contributed by atoms with van der Waals surface area (Å²) in [6.07, 6.45) is 0.710. The van der Waals surface area contributed by atoms with Gasteiger partial charge in [-0.15, -0.1) is 10.2 Å². The van der Waals surface area contributed by atoms with Crippen LogP contribution in [0, 0.1) is 0 Å². The predicted octanol–water partition coefficient (Wildman–Crippen LogP) is 4.76. The van der Waals surface area contributed by atoms with Gasteiger partial charge in [0, 0.05) is 30.3 Å². The van der Waals surface area contributed by atoms with E-state index in [0.29, 0.717) is 44.4 Å². The smallest absolute Gasteiger partial charge is 0.248 e. The van der Waals surface area contributed by atoms with Crippen LogP contribution in [-0.2, 0) is 35.7 Å². The second-order valence-corrected chi connectivity index (χ2v) is 7.87. The van der Waals surface area contributed by atoms with Gasteiger partial charge < -0.3 is 14.5 Å². The van der Waals surface area contributed by atoms with Crippen LogP contribution in [0.5, 0.6) is 0 Å². The van der Waals surface area contributed by atoms with Crippen molar-refractivity contribution in [1.82, 2.24) is 15.5 Å². The molecule has 0 radical (unpaired) electrons. The lowest BCUT2D eigenvalue weighted by molar-refractivity contribution is -0.121. The summed E-state index contributed by atoms with van der Waals surface area (Å²) in [5.74, 6) is 0.901. The minimum absolute atomic E-state index is 0.0546. The first-order valence-corrected chi connectivity index (χ1v) is 11.0. The molecular formula is C24H23N3O3S. The normalized spacial score (nSPS) is 10.8. The van der Waals surface area contributed by atoms with Gasteiger partial charge in [-0.05, 0) is 28.1 Å². The highest BCUT2D eigenvalue weighted by atomic mass is 32.1. The summed E-state index contributed by atoms with van der Waals surface area (Å²) in [5, 5.41) is 14.9. The number of aromatic nitrogens is 2. The van der Waals surface area contributed by atoms with E-state index in [1.165, 1.54) is 0 Å². The van der Waals surface area contributed by atoms with Gasteiger partial charge in [0.25, 0.3) is 0 Å². The Bertz CT molecular complexity index is 1090. The first-order chi connectivity index (χ1) is 15.3.